The maximum absolute atomic E-state index is 12.3. The topological polar surface area (TPSA) is 80.0 Å². The zero-order chi connectivity index (χ0) is 16.4. The zero-order valence-corrected chi connectivity index (χ0v) is 12.9. The van der Waals surface area contributed by atoms with Crippen LogP contribution >= 0.6 is 11.6 Å². The van der Waals surface area contributed by atoms with Gasteiger partial charge in [0.15, 0.2) is 5.69 Å². The zero-order valence-electron chi connectivity index (χ0n) is 12.2. The van der Waals surface area contributed by atoms with E-state index >= 15 is 0 Å². The lowest BCUT2D eigenvalue weighted by atomic mass is 10.3. The number of halogens is 1. The number of rotatable bonds is 3. The van der Waals surface area contributed by atoms with Gasteiger partial charge in [0.05, 0.1) is 11.4 Å². The summed E-state index contributed by atoms with van der Waals surface area (Å²) in [5.74, 6) is -0.248. The molecule has 1 amide bonds. The molecule has 0 bridgehead atoms. The van der Waals surface area contributed by atoms with Crippen molar-refractivity contribution in [2.45, 2.75) is 6.92 Å². The molecule has 0 radical (unpaired) electrons. The van der Waals surface area contributed by atoms with Crippen molar-refractivity contribution in [2.75, 3.05) is 5.32 Å². The van der Waals surface area contributed by atoms with Crippen LogP contribution in [0.3, 0.4) is 0 Å². The van der Waals surface area contributed by atoms with Crippen LogP contribution in [0.15, 0.2) is 48.7 Å². The summed E-state index contributed by atoms with van der Waals surface area (Å²) < 4.78 is 1.57. The van der Waals surface area contributed by atoms with Crippen molar-refractivity contribution >= 4 is 23.3 Å². The van der Waals surface area contributed by atoms with Crippen LogP contribution in [-0.4, -0.2) is 25.8 Å². The van der Waals surface area contributed by atoms with Crippen LogP contribution < -0.4 is 5.32 Å². The molecule has 2 aromatic heterocycles. The van der Waals surface area contributed by atoms with Gasteiger partial charge < -0.3 is 10.4 Å². The Morgan fingerprint density at radius 1 is 1.26 bits per heavy atom. The predicted octanol–water partition coefficient (Wildman–Crippen LogP) is 3.19. The molecule has 1 aromatic carbocycles. The summed E-state index contributed by atoms with van der Waals surface area (Å²) in [7, 11) is 0. The molecule has 0 saturated heterocycles. The Bertz CT molecular complexity index is 876. The quantitative estimate of drug-likeness (QED) is 0.773. The van der Waals surface area contributed by atoms with Crippen LogP contribution in [0.4, 0.5) is 5.82 Å². The van der Waals surface area contributed by atoms with Crippen molar-refractivity contribution in [1.82, 2.24) is 14.8 Å². The Morgan fingerprint density at radius 2 is 2.09 bits per heavy atom. The number of nitrogens with zero attached hydrogens (tertiary/aromatic N) is 3. The van der Waals surface area contributed by atoms with Crippen molar-refractivity contribution in [1.29, 1.82) is 0 Å². The molecule has 23 heavy (non-hydrogen) atoms. The van der Waals surface area contributed by atoms with E-state index in [1.54, 1.807) is 35.0 Å². The van der Waals surface area contributed by atoms with E-state index in [1.165, 1.54) is 12.3 Å². The summed E-state index contributed by atoms with van der Waals surface area (Å²) in [6, 6.07) is 11.8. The van der Waals surface area contributed by atoms with E-state index in [2.05, 4.69) is 15.4 Å². The summed E-state index contributed by atoms with van der Waals surface area (Å²) in [6.07, 6.45) is 1.44. The highest BCUT2D eigenvalue weighted by atomic mass is 35.5. The molecule has 0 unspecified atom stereocenters. The van der Waals surface area contributed by atoms with Crippen LogP contribution in [0.5, 0.6) is 5.75 Å². The monoisotopic (exact) mass is 328 g/mol. The minimum atomic E-state index is -0.522. The van der Waals surface area contributed by atoms with E-state index in [0.717, 1.165) is 5.69 Å². The molecule has 0 saturated carbocycles. The van der Waals surface area contributed by atoms with Gasteiger partial charge in [-0.3, -0.25) is 4.79 Å². The van der Waals surface area contributed by atoms with Gasteiger partial charge in [0, 0.05) is 17.3 Å². The molecule has 3 aromatic rings. The summed E-state index contributed by atoms with van der Waals surface area (Å²) >= 11 is 6.00. The lowest BCUT2D eigenvalue weighted by molar-refractivity contribution is 0.101. The first-order valence-corrected chi connectivity index (χ1v) is 7.20. The third-order valence-corrected chi connectivity index (χ3v) is 3.36. The second-order valence-electron chi connectivity index (χ2n) is 4.89. The van der Waals surface area contributed by atoms with Crippen molar-refractivity contribution in [3.05, 3.63) is 65.1 Å². The Hall–Kier alpha value is -2.86. The molecule has 2 heterocycles. The number of pyridine rings is 1. The summed E-state index contributed by atoms with van der Waals surface area (Å²) in [4.78, 5) is 16.2. The molecule has 3 rings (SSSR count). The summed E-state index contributed by atoms with van der Waals surface area (Å²) in [5.41, 5.74) is 1.39. The number of aromatic nitrogens is 3. The number of carbonyl (C=O) groups excluding carboxylic acids is 1. The fraction of sp³-hybridized carbons (Fsp3) is 0.0625. The van der Waals surface area contributed by atoms with Crippen molar-refractivity contribution in [2.24, 2.45) is 0 Å². The number of hydrogen-bond acceptors (Lipinski definition) is 4. The Labute approximate surface area is 137 Å². The molecule has 7 heteroatoms. The fourth-order valence-electron chi connectivity index (χ4n) is 2.14. The molecular weight excluding hydrogens is 316 g/mol. The number of nitrogens with one attached hydrogen (secondary N) is 1. The van der Waals surface area contributed by atoms with Gasteiger partial charge in [-0.2, -0.15) is 5.10 Å². The van der Waals surface area contributed by atoms with Gasteiger partial charge in [0.25, 0.3) is 5.91 Å². The largest absolute Gasteiger partial charge is 0.505 e. The van der Waals surface area contributed by atoms with Crippen LogP contribution in [0, 0.1) is 6.92 Å². The highest BCUT2D eigenvalue weighted by Crippen LogP contribution is 2.21. The van der Waals surface area contributed by atoms with Crippen LogP contribution in [0.2, 0.25) is 5.02 Å². The second-order valence-corrected chi connectivity index (χ2v) is 5.32. The maximum atomic E-state index is 12.3. The van der Waals surface area contributed by atoms with E-state index in [1.807, 2.05) is 13.0 Å². The van der Waals surface area contributed by atoms with Crippen LogP contribution in [0.25, 0.3) is 5.69 Å². The molecule has 0 fully saturated rings. The number of hydrogen-bond donors (Lipinski definition) is 2. The highest BCUT2D eigenvalue weighted by Gasteiger charge is 2.16. The van der Waals surface area contributed by atoms with Gasteiger partial charge in [0.1, 0.15) is 11.6 Å². The Morgan fingerprint density at radius 3 is 2.83 bits per heavy atom. The average molecular weight is 329 g/mol. The van der Waals surface area contributed by atoms with E-state index < -0.39 is 5.91 Å². The average Bonchev–Trinajstić information content (AvgIpc) is 2.88. The lowest BCUT2D eigenvalue weighted by Gasteiger charge is -2.09. The lowest BCUT2D eigenvalue weighted by Crippen LogP contribution is -2.16. The van der Waals surface area contributed by atoms with E-state index in [9.17, 15) is 9.90 Å². The normalized spacial score (nSPS) is 10.5. The first-order chi connectivity index (χ1) is 11.0. The predicted molar refractivity (Wildman–Crippen MR) is 87.2 cm³/mol. The molecule has 0 aliphatic heterocycles. The number of aromatic hydroxyl groups is 1. The summed E-state index contributed by atoms with van der Waals surface area (Å²) in [5, 5.41) is 17.3. The molecule has 6 nitrogen and oxygen atoms in total. The fourth-order valence-corrected chi connectivity index (χ4v) is 2.33. The first kappa shape index (κ1) is 15.1. The van der Waals surface area contributed by atoms with Gasteiger partial charge in [-0.05, 0) is 37.3 Å². The SMILES string of the molecule is Cc1cc(NC(=O)c2ncccc2O)n(-c2cccc(Cl)c2)n1. The Balaban J connectivity index is 1.95. The molecular formula is C16H13ClN4O2. The van der Waals surface area contributed by atoms with Gasteiger partial charge in [-0.15, -0.1) is 0 Å². The van der Waals surface area contributed by atoms with Gasteiger partial charge in [-0.25, -0.2) is 9.67 Å². The second kappa shape index (κ2) is 6.10. The van der Waals surface area contributed by atoms with Crippen molar-refractivity contribution in [3.63, 3.8) is 0 Å². The molecule has 0 aliphatic carbocycles. The molecule has 0 aliphatic rings. The van der Waals surface area contributed by atoms with Crippen molar-refractivity contribution < 1.29 is 9.90 Å². The third kappa shape index (κ3) is 3.17. The molecule has 2 N–H and O–H groups in total. The van der Waals surface area contributed by atoms with Gasteiger partial charge >= 0.3 is 0 Å². The number of anilines is 1. The number of aryl methyl sites for hydroxylation is 1. The minimum absolute atomic E-state index is 0.0519. The van der Waals surface area contributed by atoms with Crippen LogP contribution in [-0.2, 0) is 0 Å². The van der Waals surface area contributed by atoms with E-state index in [0.29, 0.717) is 16.5 Å². The smallest absolute Gasteiger partial charge is 0.279 e. The highest BCUT2D eigenvalue weighted by molar-refractivity contribution is 6.30. The molecule has 0 atom stereocenters. The van der Waals surface area contributed by atoms with E-state index in [4.69, 9.17) is 11.6 Å². The minimum Gasteiger partial charge on any atom is -0.505 e. The van der Waals surface area contributed by atoms with Crippen LogP contribution in [0.1, 0.15) is 16.2 Å². The first-order valence-electron chi connectivity index (χ1n) is 6.82. The summed E-state index contributed by atoms with van der Waals surface area (Å²) in [6.45, 7) is 1.81. The number of amides is 1. The number of benzene rings is 1. The molecule has 0 spiro atoms. The molecule has 116 valence electrons. The Kier molecular flexibility index (Phi) is 3.99. The maximum Gasteiger partial charge on any atom is 0.279 e. The van der Waals surface area contributed by atoms with E-state index in [-0.39, 0.29) is 11.4 Å². The van der Waals surface area contributed by atoms with Gasteiger partial charge in [-0.1, -0.05) is 17.7 Å². The van der Waals surface area contributed by atoms with Gasteiger partial charge in [0.2, 0.25) is 0 Å². The van der Waals surface area contributed by atoms with Crippen molar-refractivity contribution in [3.8, 4) is 11.4 Å². The standard InChI is InChI=1S/C16H13ClN4O2/c1-10-8-14(19-16(23)15-13(22)6-3-7-18-15)21(20-10)12-5-2-4-11(17)9-12/h2-9,22H,1H3,(H,19,23). The number of carbonyl (C=O) groups is 1. The third-order valence-electron chi connectivity index (χ3n) is 3.13.